The number of ether oxygens (including phenoxy) is 1. The summed E-state index contributed by atoms with van der Waals surface area (Å²) in [6, 6.07) is 6.83. The molecule has 0 radical (unpaired) electrons. The lowest BCUT2D eigenvalue weighted by molar-refractivity contribution is -0.0701. The largest absolute Gasteiger partial charge is 0.490 e. The average molecular weight is 340 g/mol. The monoisotopic (exact) mass is 339 g/mol. The number of nitrogens with one attached hydrogen (secondary N) is 1. The zero-order chi connectivity index (χ0) is 14.8. The molecule has 20 heavy (non-hydrogen) atoms. The van der Waals surface area contributed by atoms with Gasteiger partial charge in [0.1, 0.15) is 11.9 Å². The number of hydrogen-bond donors (Lipinski definition) is 1. The van der Waals surface area contributed by atoms with E-state index in [1.165, 1.54) is 12.0 Å². The summed E-state index contributed by atoms with van der Waals surface area (Å²) in [6.45, 7) is 10.0. The Morgan fingerprint density at radius 1 is 1.40 bits per heavy atom. The summed E-state index contributed by atoms with van der Waals surface area (Å²) in [5.74, 6) is 0.990. The van der Waals surface area contributed by atoms with Crippen molar-refractivity contribution in [2.45, 2.75) is 59.1 Å². The number of aryl methyl sites for hydroxylation is 1. The van der Waals surface area contributed by atoms with Gasteiger partial charge in [-0.15, -0.1) is 0 Å². The third kappa shape index (κ3) is 3.04. The highest BCUT2D eigenvalue weighted by atomic mass is 79.9. The molecule has 0 aromatic heterocycles. The van der Waals surface area contributed by atoms with Crippen molar-refractivity contribution in [2.75, 3.05) is 6.54 Å². The predicted octanol–water partition coefficient (Wildman–Crippen LogP) is 4.69. The summed E-state index contributed by atoms with van der Waals surface area (Å²) in [5.41, 5.74) is 1.47. The third-order valence-electron chi connectivity index (χ3n) is 4.79. The van der Waals surface area contributed by atoms with Crippen LogP contribution in [0.25, 0.3) is 0 Å². The van der Waals surface area contributed by atoms with Crippen LogP contribution in [-0.4, -0.2) is 18.7 Å². The summed E-state index contributed by atoms with van der Waals surface area (Å²) in [4.78, 5) is 0. The number of benzene rings is 1. The zero-order valence-electron chi connectivity index (χ0n) is 13.0. The highest BCUT2D eigenvalue weighted by Crippen LogP contribution is 2.46. The molecule has 0 amide bonds. The van der Waals surface area contributed by atoms with Crippen LogP contribution >= 0.6 is 15.9 Å². The molecule has 1 N–H and O–H groups in total. The predicted molar refractivity (Wildman–Crippen MR) is 88.4 cm³/mol. The number of rotatable bonds is 6. The van der Waals surface area contributed by atoms with E-state index in [1.807, 2.05) is 0 Å². The molecule has 0 aliphatic heterocycles. The first kappa shape index (κ1) is 15.8. The van der Waals surface area contributed by atoms with Crippen LogP contribution in [0.15, 0.2) is 22.7 Å². The van der Waals surface area contributed by atoms with E-state index in [4.69, 9.17) is 4.74 Å². The fourth-order valence-electron chi connectivity index (χ4n) is 2.96. The second kappa shape index (κ2) is 6.48. The van der Waals surface area contributed by atoms with Crippen LogP contribution < -0.4 is 10.1 Å². The summed E-state index contributed by atoms with van der Waals surface area (Å²) in [5, 5.41) is 3.66. The van der Waals surface area contributed by atoms with Gasteiger partial charge in [0.25, 0.3) is 0 Å². The van der Waals surface area contributed by atoms with E-state index >= 15 is 0 Å². The van der Waals surface area contributed by atoms with E-state index in [-0.39, 0.29) is 5.41 Å². The molecule has 2 nitrogen and oxygen atoms in total. The second-order valence-corrected chi connectivity index (χ2v) is 6.97. The zero-order valence-corrected chi connectivity index (χ0v) is 14.6. The molecule has 0 heterocycles. The fraction of sp³-hybridized carbons (Fsp3) is 0.647. The summed E-state index contributed by atoms with van der Waals surface area (Å²) >= 11 is 3.54. The Bertz CT molecular complexity index is 462. The van der Waals surface area contributed by atoms with Crippen LogP contribution in [0, 0.1) is 12.3 Å². The first-order valence-corrected chi connectivity index (χ1v) is 8.46. The van der Waals surface area contributed by atoms with Crippen molar-refractivity contribution in [2.24, 2.45) is 5.41 Å². The highest BCUT2D eigenvalue weighted by Gasteiger charge is 2.51. The fourth-order valence-corrected chi connectivity index (χ4v) is 3.21. The van der Waals surface area contributed by atoms with Crippen LogP contribution in [0.2, 0.25) is 0 Å². The Kier molecular flexibility index (Phi) is 5.14. The Balaban J connectivity index is 2.01. The summed E-state index contributed by atoms with van der Waals surface area (Å²) in [6.07, 6.45) is 3.77. The smallest absolute Gasteiger partial charge is 0.120 e. The molecule has 1 aliphatic carbocycles. The van der Waals surface area contributed by atoms with Gasteiger partial charge in [0, 0.05) is 22.4 Å². The highest BCUT2D eigenvalue weighted by molar-refractivity contribution is 9.10. The molecule has 0 saturated heterocycles. The Labute approximate surface area is 131 Å². The second-order valence-electron chi connectivity index (χ2n) is 6.12. The van der Waals surface area contributed by atoms with E-state index in [2.05, 4.69) is 67.1 Å². The normalized spacial score (nSPS) is 29.1. The van der Waals surface area contributed by atoms with Gasteiger partial charge >= 0.3 is 0 Å². The first-order chi connectivity index (χ1) is 9.51. The maximum absolute atomic E-state index is 6.24. The molecule has 3 heteroatoms. The van der Waals surface area contributed by atoms with Crippen molar-refractivity contribution in [1.82, 2.24) is 5.32 Å². The van der Waals surface area contributed by atoms with Gasteiger partial charge < -0.3 is 10.1 Å². The van der Waals surface area contributed by atoms with Crippen molar-refractivity contribution in [1.29, 1.82) is 0 Å². The SMILES string of the molecule is CCCNC1CC(Oc2ccc(Br)c(C)c2)C1(C)CC. The molecule has 112 valence electrons. The van der Waals surface area contributed by atoms with Crippen molar-refractivity contribution in [3.8, 4) is 5.75 Å². The minimum Gasteiger partial charge on any atom is -0.490 e. The minimum atomic E-state index is 0.246. The van der Waals surface area contributed by atoms with Crippen LogP contribution in [0.5, 0.6) is 5.75 Å². The van der Waals surface area contributed by atoms with Crippen LogP contribution in [0.1, 0.15) is 45.6 Å². The molecule has 1 aromatic carbocycles. The maximum atomic E-state index is 6.24. The lowest BCUT2D eigenvalue weighted by Crippen LogP contribution is -2.63. The van der Waals surface area contributed by atoms with E-state index in [0.717, 1.165) is 29.6 Å². The molecular weight excluding hydrogens is 314 g/mol. The summed E-state index contributed by atoms with van der Waals surface area (Å²) < 4.78 is 7.38. The van der Waals surface area contributed by atoms with Gasteiger partial charge in [-0.05, 0) is 50.1 Å². The van der Waals surface area contributed by atoms with Gasteiger partial charge in [0.2, 0.25) is 0 Å². The Morgan fingerprint density at radius 2 is 2.15 bits per heavy atom. The van der Waals surface area contributed by atoms with Crippen molar-refractivity contribution in [3.63, 3.8) is 0 Å². The van der Waals surface area contributed by atoms with Crippen molar-refractivity contribution < 1.29 is 4.74 Å². The average Bonchev–Trinajstić information content (AvgIpc) is 2.44. The van der Waals surface area contributed by atoms with E-state index in [0.29, 0.717) is 12.1 Å². The van der Waals surface area contributed by atoms with Crippen molar-refractivity contribution in [3.05, 3.63) is 28.2 Å². The van der Waals surface area contributed by atoms with Gasteiger partial charge in [-0.2, -0.15) is 0 Å². The third-order valence-corrected chi connectivity index (χ3v) is 5.68. The van der Waals surface area contributed by atoms with E-state index < -0.39 is 0 Å². The quantitative estimate of drug-likeness (QED) is 0.811. The molecule has 1 aromatic rings. The topological polar surface area (TPSA) is 21.3 Å². The molecule has 1 fully saturated rings. The summed E-state index contributed by atoms with van der Waals surface area (Å²) in [7, 11) is 0. The molecule has 2 rings (SSSR count). The lowest BCUT2D eigenvalue weighted by atomic mass is 9.61. The van der Waals surface area contributed by atoms with Gasteiger partial charge in [0.05, 0.1) is 0 Å². The van der Waals surface area contributed by atoms with Crippen LogP contribution in [0.4, 0.5) is 0 Å². The van der Waals surface area contributed by atoms with Gasteiger partial charge in [-0.3, -0.25) is 0 Å². The van der Waals surface area contributed by atoms with Gasteiger partial charge in [-0.25, -0.2) is 0 Å². The molecule has 1 saturated carbocycles. The van der Waals surface area contributed by atoms with E-state index in [9.17, 15) is 0 Å². The molecular formula is C17H26BrNO. The Morgan fingerprint density at radius 3 is 2.75 bits per heavy atom. The lowest BCUT2D eigenvalue weighted by Gasteiger charge is -2.53. The standard InChI is InChI=1S/C17H26BrNO/c1-5-9-19-15-11-16(17(15,4)6-2)20-13-7-8-14(18)12(3)10-13/h7-8,10,15-16,19H,5-6,9,11H2,1-4H3. The maximum Gasteiger partial charge on any atom is 0.120 e. The van der Waals surface area contributed by atoms with E-state index in [1.54, 1.807) is 0 Å². The minimum absolute atomic E-state index is 0.246. The van der Waals surface area contributed by atoms with Crippen LogP contribution in [0.3, 0.4) is 0 Å². The first-order valence-electron chi connectivity index (χ1n) is 7.67. The molecule has 3 unspecified atom stereocenters. The number of hydrogen-bond acceptors (Lipinski definition) is 2. The molecule has 1 aliphatic rings. The van der Waals surface area contributed by atoms with Crippen molar-refractivity contribution >= 4 is 15.9 Å². The van der Waals surface area contributed by atoms with Gasteiger partial charge in [-0.1, -0.05) is 36.7 Å². The van der Waals surface area contributed by atoms with Gasteiger partial charge in [0.15, 0.2) is 0 Å². The molecule has 0 bridgehead atoms. The molecule has 3 atom stereocenters. The number of halogens is 1. The van der Waals surface area contributed by atoms with Crippen LogP contribution in [-0.2, 0) is 0 Å². The Hall–Kier alpha value is -0.540. The molecule has 0 spiro atoms.